The lowest BCUT2D eigenvalue weighted by Crippen LogP contribution is -2.29. The Bertz CT molecular complexity index is 1550. The number of carbonyl (C=O) groups excluding carboxylic acids is 1. The van der Waals surface area contributed by atoms with E-state index in [2.05, 4.69) is 0 Å². The van der Waals surface area contributed by atoms with E-state index in [-0.39, 0.29) is 18.3 Å². The summed E-state index contributed by atoms with van der Waals surface area (Å²) in [6, 6.07) is 28.5. The molecule has 1 aliphatic heterocycles. The average Bonchev–Trinajstić information content (AvgIpc) is 3.27. The van der Waals surface area contributed by atoms with Crippen LogP contribution in [-0.2, 0) is 11.4 Å². The molecule has 1 saturated heterocycles. The van der Waals surface area contributed by atoms with Crippen LogP contribution in [0.25, 0.3) is 6.08 Å². The SMILES string of the molecule is COc1ccccc1N=C1S/C(=C\c2ccc(OCc3ccccc3F)cc2)C(=O)N1c1ccccc1OC. The second kappa shape index (κ2) is 11.9. The topological polar surface area (TPSA) is 60.4 Å². The lowest BCUT2D eigenvalue weighted by atomic mass is 10.2. The largest absolute Gasteiger partial charge is 0.495 e. The van der Waals surface area contributed by atoms with E-state index in [1.807, 2.05) is 54.6 Å². The molecular weight excluding hydrogens is 515 g/mol. The van der Waals surface area contributed by atoms with Crippen molar-refractivity contribution in [2.45, 2.75) is 6.61 Å². The molecule has 0 unspecified atom stereocenters. The first-order chi connectivity index (χ1) is 19.1. The fourth-order valence-corrected chi connectivity index (χ4v) is 4.98. The van der Waals surface area contributed by atoms with Crippen LogP contribution in [0.3, 0.4) is 0 Å². The molecule has 6 nitrogen and oxygen atoms in total. The number of para-hydroxylation sites is 4. The van der Waals surface area contributed by atoms with Gasteiger partial charge in [-0.3, -0.25) is 9.69 Å². The number of benzene rings is 4. The van der Waals surface area contributed by atoms with Gasteiger partial charge in [0, 0.05) is 5.56 Å². The molecule has 196 valence electrons. The Kier molecular flexibility index (Phi) is 7.94. The molecule has 1 heterocycles. The molecule has 0 bridgehead atoms. The van der Waals surface area contributed by atoms with Gasteiger partial charge in [-0.25, -0.2) is 9.38 Å². The summed E-state index contributed by atoms with van der Waals surface area (Å²) >= 11 is 1.27. The highest BCUT2D eigenvalue weighted by atomic mass is 32.2. The van der Waals surface area contributed by atoms with Crippen LogP contribution in [0, 0.1) is 5.82 Å². The van der Waals surface area contributed by atoms with Crippen LogP contribution in [-0.4, -0.2) is 25.3 Å². The minimum atomic E-state index is -0.305. The zero-order valence-electron chi connectivity index (χ0n) is 21.3. The number of halogens is 1. The molecule has 8 heteroatoms. The van der Waals surface area contributed by atoms with Crippen molar-refractivity contribution in [3.8, 4) is 17.2 Å². The Hall–Kier alpha value is -4.56. The standard InChI is InChI=1S/C31H25FN2O4S/c1-36-27-13-7-5-11-25(27)33-31-34(26-12-6-8-14-28(26)37-2)30(35)29(39-31)19-21-15-17-23(18-16-21)38-20-22-9-3-4-10-24(22)32/h3-19H,20H2,1-2H3/b29-19-,33-31?. The van der Waals surface area contributed by atoms with Gasteiger partial charge in [-0.05, 0) is 65.9 Å². The fourth-order valence-electron chi connectivity index (χ4n) is 3.99. The number of thioether (sulfide) groups is 1. The van der Waals surface area contributed by atoms with Crippen LogP contribution in [0.15, 0.2) is 107 Å². The molecule has 0 spiro atoms. The maximum absolute atomic E-state index is 13.9. The molecule has 0 N–H and O–H groups in total. The van der Waals surface area contributed by atoms with E-state index in [1.165, 1.54) is 17.8 Å². The van der Waals surface area contributed by atoms with Gasteiger partial charge in [0.05, 0.1) is 24.8 Å². The van der Waals surface area contributed by atoms with Crippen molar-refractivity contribution in [1.82, 2.24) is 0 Å². The maximum Gasteiger partial charge on any atom is 0.271 e. The summed E-state index contributed by atoms with van der Waals surface area (Å²) in [5, 5.41) is 0.477. The number of anilines is 1. The number of methoxy groups -OCH3 is 2. The molecule has 1 amide bonds. The Balaban J connectivity index is 1.44. The normalized spacial score (nSPS) is 15.2. The van der Waals surface area contributed by atoms with Crippen LogP contribution in [0.2, 0.25) is 0 Å². The van der Waals surface area contributed by atoms with Crippen molar-refractivity contribution in [2.24, 2.45) is 4.99 Å². The lowest BCUT2D eigenvalue weighted by molar-refractivity contribution is -0.113. The molecule has 0 radical (unpaired) electrons. The number of hydrogen-bond acceptors (Lipinski definition) is 6. The molecule has 4 aromatic carbocycles. The third-order valence-electron chi connectivity index (χ3n) is 5.96. The zero-order chi connectivity index (χ0) is 27.2. The molecule has 1 fully saturated rings. The van der Waals surface area contributed by atoms with Gasteiger partial charge < -0.3 is 14.2 Å². The summed E-state index contributed by atoms with van der Waals surface area (Å²) in [4.78, 5) is 20.5. The molecule has 0 atom stereocenters. The van der Waals surface area contributed by atoms with Crippen molar-refractivity contribution in [3.63, 3.8) is 0 Å². The minimum Gasteiger partial charge on any atom is -0.495 e. The highest BCUT2D eigenvalue weighted by Crippen LogP contribution is 2.41. The van der Waals surface area contributed by atoms with E-state index in [0.717, 1.165) is 5.56 Å². The van der Waals surface area contributed by atoms with Crippen molar-refractivity contribution in [2.75, 3.05) is 19.1 Å². The van der Waals surface area contributed by atoms with Gasteiger partial charge >= 0.3 is 0 Å². The molecule has 0 aromatic heterocycles. The van der Waals surface area contributed by atoms with Gasteiger partial charge in [-0.2, -0.15) is 0 Å². The van der Waals surface area contributed by atoms with Gasteiger partial charge in [0.2, 0.25) is 0 Å². The van der Waals surface area contributed by atoms with Crippen LogP contribution in [0.4, 0.5) is 15.8 Å². The molecule has 39 heavy (non-hydrogen) atoms. The van der Waals surface area contributed by atoms with Crippen LogP contribution < -0.4 is 19.1 Å². The fraction of sp³-hybridized carbons (Fsp3) is 0.0968. The number of carbonyl (C=O) groups is 1. The van der Waals surface area contributed by atoms with Crippen LogP contribution in [0.1, 0.15) is 11.1 Å². The summed E-state index contributed by atoms with van der Waals surface area (Å²) in [5.74, 6) is 1.22. The van der Waals surface area contributed by atoms with E-state index >= 15 is 0 Å². The van der Waals surface area contributed by atoms with Crippen molar-refractivity contribution < 1.29 is 23.4 Å². The van der Waals surface area contributed by atoms with Crippen LogP contribution >= 0.6 is 11.8 Å². The molecule has 4 aromatic rings. The highest BCUT2D eigenvalue weighted by Gasteiger charge is 2.36. The van der Waals surface area contributed by atoms with Crippen molar-refractivity contribution in [3.05, 3.63) is 119 Å². The first-order valence-corrected chi connectivity index (χ1v) is 12.9. The number of rotatable bonds is 8. The number of aliphatic imine (C=N–C) groups is 1. The predicted octanol–water partition coefficient (Wildman–Crippen LogP) is 7.23. The Morgan fingerprint density at radius 3 is 2.26 bits per heavy atom. The number of amides is 1. The van der Waals surface area contributed by atoms with Gasteiger partial charge in [0.25, 0.3) is 5.91 Å². The number of nitrogens with zero attached hydrogens (tertiary/aromatic N) is 2. The van der Waals surface area contributed by atoms with Crippen molar-refractivity contribution >= 4 is 40.3 Å². The summed E-state index contributed by atoms with van der Waals surface area (Å²) in [6.45, 7) is 0.123. The maximum atomic E-state index is 13.9. The van der Waals surface area contributed by atoms with Gasteiger partial charge in [0.15, 0.2) is 5.17 Å². The van der Waals surface area contributed by atoms with E-state index in [4.69, 9.17) is 19.2 Å². The average molecular weight is 541 g/mol. The smallest absolute Gasteiger partial charge is 0.271 e. The Morgan fingerprint density at radius 1 is 0.846 bits per heavy atom. The lowest BCUT2D eigenvalue weighted by Gasteiger charge is -2.18. The Labute approximate surface area is 230 Å². The molecule has 0 aliphatic carbocycles. The predicted molar refractivity (Wildman–Crippen MR) is 153 cm³/mol. The molecule has 1 aliphatic rings. The summed E-state index contributed by atoms with van der Waals surface area (Å²) < 4.78 is 30.6. The second-order valence-electron chi connectivity index (χ2n) is 8.44. The highest BCUT2D eigenvalue weighted by molar-refractivity contribution is 8.19. The van der Waals surface area contributed by atoms with E-state index in [1.54, 1.807) is 61.6 Å². The summed E-state index contributed by atoms with van der Waals surface area (Å²) in [7, 11) is 3.15. The van der Waals surface area contributed by atoms with Gasteiger partial charge in [-0.1, -0.05) is 54.6 Å². The van der Waals surface area contributed by atoms with E-state index < -0.39 is 0 Å². The van der Waals surface area contributed by atoms with Gasteiger partial charge in [0.1, 0.15) is 35.4 Å². The third-order valence-corrected chi connectivity index (χ3v) is 6.93. The Morgan fingerprint density at radius 2 is 1.51 bits per heavy atom. The van der Waals surface area contributed by atoms with Gasteiger partial charge in [-0.15, -0.1) is 0 Å². The molecular formula is C31H25FN2O4S. The number of amidine groups is 1. The second-order valence-corrected chi connectivity index (χ2v) is 9.45. The minimum absolute atomic E-state index is 0.123. The summed E-state index contributed by atoms with van der Waals surface area (Å²) in [6.07, 6.45) is 1.81. The number of hydrogen-bond donors (Lipinski definition) is 0. The number of ether oxygens (including phenoxy) is 3. The monoisotopic (exact) mass is 540 g/mol. The van der Waals surface area contributed by atoms with E-state index in [0.29, 0.717) is 44.3 Å². The van der Waals surface area contributed by atoms with Crippen LogP contribution in [0.5, 0.6) is 17.2 Å². The quantitative estimate of drug-likeness (QED) is 0.221. The molecule has 5 rings (SSSR count). The third kappa shape index (κ3) is 5.81. The van der Waals surface area contributed by atoms with Crippen molar-refractivity contribution in [1.29, 1.82) is 0 Å². The zero-order valence-corrected chi connectivity index (χ0v) is 22.2. The first kappa shape index (κ1) is 26.1. The first-order valence-electron chi connectivity index (χ1n) is 12.1. The van der Waals surface area contributed by atoms with E-state index in [9.17, 15) is 9.18 Å². The summed E-state index contributed by atoms with van der Waals surface area (Å²) in [5.41, 5.74) is 2.48. The molecule has 0 saturated carbocycles.